The van der Waals surface area contributed by atoms with E-state index in [0.29, 0.717) is 0 Å². The molecule has 0 fully saturated rings. The lowest BCUT2D eigenvalue weighted by molar-refractivity contribution is 0.717. The number of hydrogen-bond acceptors (Lipinski definition) is 2. The Morgan fingerprint density at radius 3 is 1.29 bits per heavy atom. The monoisotopic (exact) mass is 586 g/mol. The highest BCUT2D eigenvalue weighted by molar-refractivity contribution is 7.16. The van der Waals surface area contributed by atoms with Crippen molar-refractivity contribution in [3.05, 3.63) is 129 Å². The fourth-order valence-electron chi connectivity index (χ4n) is 5.18. The molecular formula is C40H42S2. The van der Waals surface area contributed by atoms with Crippen LogP contribution < -0.4 is 0 Å². The maximum Gasteiger partial charge on any atom is 0.0349 e. The summed E-state index contributed by atoms with van der Waals surface area (Å²) in [5.74, 6) is 0. The largest absolute Gasteiger partial charge is 0.136 e. The molecule has 2 aromatic heterocycles. The van der Waals surface area contributed by atoms with Gasteiger partial charge in [-0.25, -0.2) is 0 Å². The Bertz CT molecular complexity index is 1450. The highest BCUT2D eigenvalue weighted by Gasteiger charge is 2.04. The van der Waals surface area contributed by atoms with E-state index in [4.69, 9.17) is 0 Å². The molecular weight excluding hydrogens is 545 g/mol. The predicted octanol–water partition coefficient (Wildman–Crippen LogP) is 12.9. The Morgan fingerprint density at radius 2 is 0.881 bits per heavy atom. The van der Waals surface area contributed by atoms with Crippen LogP contribution in [0.25, 0.3) is 45.2 Å². The third-order valence-electron chi connectivity index (χ3n) is 7.72. The second-order valence-corrected chi connectivity index (χ2v) is 13.2. The van der Waals surface area contributed by atoms with Crippen LogP contribution in [0.3, 0.4) is 0 Å². The van der Waals surface area contributed by atoms with Gasteiger partial charge >= 0.3 is 0 Å². The van der Waals surface area contributed by atoms with E-state index in [1.165, 1.54) is 104 Å². The molecule has 42 heavy (non-hydrogen) atoms. The second-order valence-electron chi connectivity index (χ2n) is 11.0. The van der Waals surface area contributed by atoms with Crippen molar-refractivity contribution in [1.29, 1.82) is 0 Å². The number of hydrogen-bond donors (Lipinski definition) is 0. The van der Waals surface area contributed by atoms with Gasteiger partial charge in [0.1, 0.15) is 0 Å². The van der Waals surface area contributed by atoms with Crippen LogP contribution in [0, 0.1) is 0 Å². The van der Waals surface area contributed by atoms with Crippen molar-refractivity contribution in [2.75, 3.05) is 0 Å². The Balaban J connectivity index is 1.22. The molecule has 2 heterocycles. The van der Waals surface area contributed by atoms with E-state index in [9.17, 15) is 0 Å². The van der Waals surface area contributed by atoms with Crippen molar-refractivity contribution in [2.24, 2.45) is 0 Å². The number of benzene rings is 3. The van der Waals surface area contributed by atoms with Crippen LogP contribution in [0.15, 0.2) is 97.1 Å². The lowest BCUT2D eigenvalue weighted by Gasteiger charge is -2.03. The molecule has 0 spiro atoms. The minimum Gasteiger partial charge on any atom is -0.136 e. The number of aryl methyl sites for hydroxylation is 2. The fourth-order valence-corrected chi connectivity index (χ4v) is 7.02. The first-order valence-corrected chi connectivity index (χ1v) is 17.2. The summed E-state index contributed by atoms with van der Waals surface area (Å²) in [5.41, 5.74) is 7.96. The minimum absolute atomic E-state index is 1.18. The summed E-state index contributed by atoms with van der Waals surface area (Å²) in [6, 6.07) is 35.9. The smallest absolute Gasteiger partial charge is 0.0349 e. The molecule has 0 nitrogen and oxygen atoms in total. The molecule has 0 saturated heterocycles. The molecule has 0 aliphatic carbocycles. The van der Waals surface area contributed by atoms with Gasteiger partial charge in [-0.05, 0) is 95.5 Å². The van der Waals surface area contributed by atoms with Crippen molar-refractivity contribution in [1.82, 2.24) is 0 Å². The van der Waals surface area contributed by atoms with E-state index in [0.717, 1.165) is 0 Å². The summed E-state index contributed by atoms with van der Waals surface area (Å²) in [7, 11) is 0. The van der Waals surface area contributed by atoms with Crippen LogP contribution in [0.4, 0.5) is 0 Å². The average molecular weight is 587 g/mol. The van der Waals surface area contributed by atoms with Crippen LogP contribution in [0.5, 0.6) is 0 Å². The summed E-state index contributed by atoms with van der Waals surface area (Å²) >= 11 is 3.70. The molecule has 0 saturated carbocycles. The molecule has 5 rings (SSSR count). The SMILES string of the molecule is CCCCCc1ccc(-c2ccc(/C=C\c3ccccc3/C=C\c3ccc(-c4ccc(CCCCC)cc4)s3)s2)cc1. The van der Waals surface area contributed by atoms with Crippen molar-refractivity contribution < 1.29 is 0 Å². The molecule has 0 aliphatic rings. The van der Waals surface area contributed by atoms with E-state index in [1.807, 2.05) is 22.7 Å². The van der Waals surface area contributed by atoms with Crippen molar-refractivity contribution >= 4 is 47.0 Å². The van der Waals surface area contributed by atoms with Crippen molar-refractivity contribution in [3.8, 4) is 20.9 Å². The van der Waals surface area contributed by atoms with Gasteiger partial charge in [-0.3, -0.25) is 0 Å². The number of thiophene rings is 2. The molecule has 3 aromatic carbocycles. The minimum atomic E-state index is 1.18. The quantitative estimate of drug-likeness (QED) is 0.114. The third kappa shape index (κ3) is 8.53. The molecule has 0 amide bonds. The summed E-state index contributed by atoms with van der Waals surface area (Å²) in [6.45, 7) is 4.52. The van der Waals surface area contributed by atoms with Crippen LogP contribution >= 0.6 is 22.7 Å². The van der Waals surface area contributed by atoms with Crippen LogP contribution in [0.1, 0.15) is 84.4 Å². The molecule has 0 unspecified atom stereocenters. The highest BCUT2D eigenvalue weighted by Crippen LogP contribution is 2.31. The summed E-state index contributed by atoms with van der Waals surface area (Å²) in [6.07, 6.45) is 19.1. The molecule has 5 aromatic rings. The summed E-state index contributed by atoms with van der Waals surface area (Å²) in [4.78, 5) is 5.19. The molecule has 2 heteroatoms. The summed E-state index contributed by atoms with van der Waals surface area (Å²) in [5, 5.41) is 0. The lowest BCUT2D eigenvalue weighted by atomic mass is 10.0. The van der Waals surface area contributed by atoms with Crippen molar-refractivity contribution in [3.63, 3.8) is 0 Å². The zero-order valence-corrected chi connectivity index (χ0v) is 26.7. The first kappa shape index (κ1) is 30.0. The maximum absolute atomic E-state index is 2.30. The zero-order valence-electron chi connectivity index (χ0n) is 25.0. The van der Waals surface area contributed by atoms with Gasteiger partial charge in [-0.1, -0.05) is 124 Å². The van der Waals surface area contributed by atoms with Crippen LogP contribution in [-0.4, -0.2) is 0 Å². The molecule has 0 bridgehead atoms. The standard InChI is InChI=1S/C40H42S2/c1-3-5-7-11-31-15-19-35(20-16-31)39-29-27-37(41-39)25-23-33-13-9-10-14-34(33)24-26-38-28-30-40(42-38)36-21-17-32(18-22-36)12-8-6-4-2/h9-10,13-30H,3-8,11-12H2,1-2H3/b25-23-,26-24-. The van der Waals surface area contributed by atoms with E-state index in [-0.39, 0.29) is 0 Å². The Kier molecular flexibility index (Phi) is 11.2. The van der Waals surface area contributed by atoms with Gasteiger partial charge in [-0.2, -0.15) is 0 Å². The van der Waals surface area contributed by atoms with Gasteiger partial charge in [0.25, 0.3) is 0 Å². The number of rotatable bonds is 14. The summed E-state index contributed by atoms with van der Waals surface area (Å²) < 4.78 is 0. The van der Waals surface area contributed by atoms with Gasteiger partial charge in [0.05, 0.1) is 0 Å². The van der Waals surface area contributed by atoms with Gasteiger partial charge in [0, 0.05) is 19.5 Å². The topological polar surface area (TPSA) is 0 Å². The second kappa shape index (κ2) is 15.7. The first-order chi connectivity index (χ1) is 20.7. The van der Waals surface area contributed by atoms with Gasteiger partial charge < -0.3 is 0 Å². The van der Waals surface area contributed by atoms with E-state index in [1.54, 1.807) is 0 Å². The molecule has 0 N–H and O–H groups in total. The predicted molar refractivity (Wildman–Crippen MR) is 190 cm³/mol. The van der Waals surface area contributed by atoms with Crippen LogP contribution in [-0.2, 0) is 12.8 Å². The normalized spacial score (nSPS) is 11.7. The molecule has 0 atom stereocenters. The molecule has 0 aliphatic heterocycles. The fraction of sp³-hybridized carbons (Fsp3) is 0.250. The van der Waals surface area contributed by atoms with Gasteiger partial charge in [-0.15, -0.1) is 22.7 Å². The zero-order chi connectivity index (χ0) is 29.0. The van der Waals surface area contributed by atoms with Gasteiger partial charge in [0.15, 0.2) is 0 Å². The lowest BCUT2D eigenvalue weighted by Crippen LogP contribution is -1.85. The van der Waals surface area contributed by atoms with E-state index >= 15 is 0 Å². The average Bonchev–Trinajstić information content (AvgIpc) is 3.71. The Hall–Kier alpha value is -3.46. The van der Waals surface area contributed by atoms with Gasteiger partial charge in [0.2, 0.25) is 0 Å². The molecule has 0 radical (unpaired) electrons. The van der Waals surface area contributed by atoms with Crippen molar-refractivity contribution in [2.45, 2.75) is 65.2 Å². The highest BCUT2D eigenvalue weighted by atomic mass is 32.1. The Labute approximate surface area is 261 Å². The van der Waals surface area contributed by atoms with E-state index in [2.05, 4.69) is 135 Å². The molecule has 214 valence electrons. The van der Waals surface area contributed by atoms with Crippen LogP contribution in [0.2, 0.25) is 0 Å². The Morgan fingerprint density at radius 1 is 0.452 bits per heavy atom. The third-order valence-corrected chi connectivity index (χ3v) is 9.92. The van der Waals surface area contributed by atoms with E-state index < -0.39 is 0 Å². The first-order valence-electron chi connectivity index (χ1n) is 15.6. The maximum atomic E-state index is 2.30. The number of unbranched alkanes of at least 4 members (excludes halogenated alkanes) is 4.